The Morgan fingerprint density at radius 1 is 1.33 bits per heavy atom. The number of amides is 1. The highest BCUT2D eigenvalue weighted by molar-refractivity contribution is 9.12. The van der Waals surface area contributed by atoms with Crippen molar-refractivity contribution < 1.29 is 4.79 Å². The van der Waals surface area contributed by atoms with Crippen LogP contribution in [0.4, 0.5) is 0 Å². The van der Waals surface area contributed by atoms with Crippen LogP contribution in [-0.4, -0.2) is 12.5 Å². The highest BCUT2D eigenvalue weighted by Gasteiger charge is 2.35. The Labute approximate surface area is 99.3 Å². The average Bonchev–Trinajstić information content (AvgIpc) is 2.28. The summed E-state index contributed by atoms with van der Waals surface area (Å²) in [6, 6.07) is 0. The number of rotatable bonds is 2. The molecular formula is C12H16BrNO. The minimum absolute atomic E-state index is 0.159. The van der Waals surface area contributed by atoms with Crippen molar-refractivity contribution in [3.63, 3.8) is 0 Å². The van der Waals surface area contributed by atoms with Gasteiger partial charge in [0.25, 0.3) is 5.91 Å². The van der Waals surface area contributed by atoms with Crippen molar-refractivity contribution >= 4 is 21.8 Å². The van der Waals surface area contributed by atoms with Gasteiger partial charge in [0.1, 0.15) is 0 Å². The molecule has 15 heavy (non-hydrogen) atoms. The second-order valence-corrected chi connectivity index (χ2v) is 5.10. The number of carbonyl (C=O) groups excluding carboxylic acids is 1. The summed E-state index contributed by atoms with van der Waals surface area (Å²) >= 11 is 2.93. The summed E-state index contributed by atoms with van der Waals surface area (Å²) in [5.74, 6) is 4.78. The lowest BCUT2D eigenvalue weighted by Gasteiger charge is -2.42. The first-order valence-corrected chi connectivity index (χ1v) is 6.48. The van der Waals surface area contributed by atoms with Gasteiger partial charge in [-0.25, -0.2) is 0 Å². The molecule has 0 aromatic heterocycles. The van der Waals surface area contributed by atoms with Gasteiger partial charge in [0, 0.05) is 28.4 Å². The summed E-state index contributed by atoms with van der Waals surface area (Å²) in [6.07, 6.45) is 6.88. The predicted molar refractivity (Wildman–Crippen MR) is 63.3 cm³/mol. The smallest absolute Gasteiger partial charge is 0.296 e. The van der Waals surface area contributed by atoms with E-state index in [1.54, 1.807) is 0 Å². The van der Waals surface area contributed by atoms with Crippen LogP contribution in [0.25, 0.3) is 0 Å². The number of hydrogen-bond donors (Lipinski definition) is 1. The molecule has 0 aliphatic heterocycles. The van der Waals surface area contributed by atoms with E-state index in [9.17, 15) is 4.79 Å². The summed E-state index contributed by atoms with van der Waals surface area (Å²) in [5.41, 5.74) is 0. The number of carbonyl (C=O) groups is 1. The maximum Gasteiger partial charge on any atom is 0.296 e. The fourth-order valence-corrected chi connectivity index (χ4v) is 3.26. The van der Waals surface area contributed by atoms with Crippen molar-refractivity contribution in [2.45, 2.75) is 32.1 Å². The first-order chi connectivity index (χ1) is 7.29. The summed E-state index contributed by atoms with van der Waals surface area (Å²) < 4.78 is 0. The number of hydrogen-bond acceptors (Lipinski definition) is 1. The van der Waals surface area contributed by atoms with Crippen molar-refractivity contribution in [2.75, 3.05) is 6.54 Å². The SMILES string of the molecule is O=C(C#CBr)NCC1CC2CCC1CC2. The van der Waals surface area contributed by atoms with E-state index < -0.39 is 0 Å². The topological polar surface area (TPSA) is 29.1 Å². The molecule has 0 spiro atoms. The van der Waals surface area contributed by atoms with Crippen LogP contribution in [0.5, 0.6) is 0 Å². The van der Waals surface area contributed by atoms with Crippen LogP contribution in [0.3, 0.4) is 0 Å². The van der Waals surface area contributed by atoms with Gasteiger partial charge in [-0.2, -0.15) is 0 Å². The maximum atomic E-state index is 11.2. The van der Waals surface area contributed by atoms with Gasteiger partial charge < -0.3 is 5.32 Å². The number of nitrogens with one attached hydrogen (secondary N) is 1. The third-order valence-electron chi connectivity index (χ3n) is 3.88. The van der Waals surface area contributed by atoms with E-state index in [2.05, 4.69) is 32.0 Å². The Kier molecular flexibility index (Phi) is 3.69. The van der Waals surface area contributed by atoms with Crippen LogP contribution in [0, 0.1) is 28.5 Å². The molecule has 0 saturated heterocycles. The Morgan fingerprint density at radius 3 is 2.60 bits per heavy atom. The fourth-order valence-electron chi connectivity index (χ4n) is 3.08. The zero-order chi connectivity index (χ0) is 10.7. The van der Waals surface area contributed by atoms with Crippen molar-refractivity contribution in [2.24, 2.45) is 17.8 Å². The normalized spacial score (nSPS) is 33.0. The lowest BCUT2D eigenvalue weighted by molar-refractivity contribution is -0.116. The quantitative estimate of drug-likeness (QED) is 0.766. The van der Waals surface area contributed by atoms with E-state index in [-0.39, 0.29) is 5.91 Å². The van der Waals surface area contributed by atoms with E-state index >= 15 is 0 Å². The predicted octanol–water partition coefficient (Wildman–Crippen LogP) is 2.28. The van der Waals surface area contributed by atoms with Gasteiger partial charge in [-0.05, 0) is 41.8 Å². The van der Waals surface area contributed by atoms with Crippen LogP contribution in [0.2, 0.25) is 0 Å². The largest absolute Gasteiger partial charge is 0.345 e. The number of halogens is 1. The van der Waals surface area contributed by atoms with Crippen LogP contribution in [0.1, 0.15) is 32.1 Å². The molecular weight excluding hydrogens is 254 g/mol. The van der Waals surface area contributed by atoms with E-state index in [0.717, 1.165) is 18.4 Å². The van der Waals surface area contributed by atoms with Crippen LogP contribution < -0.4 is 5.32 Å². The van der Waals surface area contributed by atoms with Gasteiger partial charge >= 0.3 is 0 Å². The highest BCUT2D eigenvalue weighted by Crippen LogP contribution is 2.44. The second-order valence-electron chi connectivity index (χ2n) is 4.71. The number of fused-ring (bicyclic) bond motifs is 3. The molecule has 0 aromatic carbocycles. The fraction of sp³-hybridized carbons (Fsp3) is 0.750. The molecule has 3 aliphatic carbocycles. The molecule has 2 nitrogen and oxygen atoms in total. The monoisotopic (exact) mass is 269 g/mol. The lowest BCUT2D eigenvalue weighted by atomic mass is 9.65. The first kappa shape index (κ1) is 11.0. The highest BCUT2D eigenvalue weighted by atomic mass is 79.9. The third kappa shape index (κ3) is 2.75. The average molecular weight is 270 g/mol. The van der Waals surface area contributed by atoms with Crippen molar-refractivity contribution in [1.82, 2.24) is 5.32 Å². The van der Waals surface area contributed by atoms with Gasteiger partial charge in [-0.15, -0.1) is 0 Å². The van der Waals surface area contributed by atoms with E-state index in [0.29, 0.717) is 5.92 Å². The first-order valence-electron chi connectivity index (χ1n) is 5.69. The summed E-state index contributed by atoms with van der Waals surface area (Å²) in [4.78, 5) is 13.6. The summed E-state index contributed by atoms with van der Waals surface area (Å²) in [7, 11) is 0. The molecule has 3 fully saturated rings. The molecule has 0 heterocycles. The summed E-state index contributed by atoms with van der Waals surface area (Å²) in [6.45, 7) is 0.821. The molecule has 3 saturated carbocycles. The van der Waals surface area contributed by atoms with E-state index in [4.69, 9.17) is 0 Å². The van der Waals surface area contributed by atoms with E-state index in [1.165, 1.54) is 32.1 Å². The molecule has 82 valence electrons. The Morgan fingerprint density at radius 2 is 2.07 bits per heavy atom. The third-order valence-corrected chi connectivity index (χ3v) is 4.08. The van der Waals surface area contributed by atoms with Crippen molar-refractivity contribution in [3.05, 3.63) is 0 Å². The summed E-state index contributed by atoms with van der Waals surface area (Å²) in [5, 5.41) is 2.90. The molecule has 1 unspecified atom stereocenters. The van der Waals surface area contributed by atoms with Crippen LogP contribution in [0.15, 0.2) is 0 Å². The molecule has 3 aliphatic rings. The van der Waals surface area contributed by atoms with Crippen molar-refractivity contribution in [1.29, 1.82) is 0 Å². The minimum atomic E-state index is -0.159. The molecule has 3 rings (SSSR count). The Balaban J connectivity index is 1.79. The van der Waals surface area contributed by atoms with Gasteiger partial charge in [0.15, 0.2) is 0 Å². The second kappa shape index (κ2) is 5.03. The Hall–Kier alpha value is -0.490. The molecule has 0 aromatic rings. The Bertz CT molecular complexity index is 296. The van der Waals surface area contributed by atoms with Gasteiger partial charge in [0.05, 0.1) is 0 Å². The molecule has 1 atom stereocenters. The standard InChI is InChI=1S/C12H16BrNO/c13-6-5-12(15)14-8-11-7-9-1-3-10(11)4-2-9/h9-11H,1-4,7-8H2,(H,14,15). The molecule has 1 amide bonds. The van der Waals surface area contributed by atoms with Gasteiger partial charge in [0.2, 0.25) is 0 Å². The molecule has 3 heteroatoms. The van der Waals surface area contributed by atoms with E-state index in [1.807, 2.05) is 0 Å². The zero-order valence-electron chi connectivity index (χ0n) is 8.76. The van der Waals surface area contributed by atoms with Crippen LogP contribution in [-0.2, 0) is 4.79 Å². The zero-order valence-corrected chi connectivity index (χ0v) is 10.3. The molecule has 1 N–H and O–H groups in total. The molecule has 0 radical (unpaired) electrons. The maximum absolute atomic E-state index is 11.2. The lowest BCUT2D eigenvalue weighted by Crippen LogP contribution is -2.38. The van der Waals surface area contributed by atoms with Gasteiger partial charge in [-0.1, -0.05) is 12.8 Å². The van der Waals surface area contributed by atoms with Crippen LogP contribution >= 0.6 is 15.9 Å². The van der Waals surface area contributed by atoms with Crippen molar-refractivity contribution in [3.8, 4) is 10.8 Å². The molecule has 2 bridgehead atoms. The minimum Gasteiger partial charge on any atom is -0.345 e. The van der Waals surface area contributed by atoms with Gasteiger partial charge in [-0.3, -0.25) is 4.79 Å².